The van der Waals surface area contributed by atoms with E-state index in [4.69, 9.17) is 0 Å². The lowest BCUT2D eigenvalue weighted by Crippen LogP contribution is -2.60. The van der Waals surface area contributed by atoms with Gasteiger partial charge in [0.05, 0.1) is 12.1 Å². The van der Waals surface area contributed by atoms with Crippen molar-refractivity contribution in [3.05, 3.63) is 11.6 Å². The third-order valence-corrected chi connectivity index (χ3v) is 10.3. The fourth-order valence-electron chi connectivity index (χ4n) is 7.43. The van der Waals surface area contributed by atoms with Crippen molar-refractivity contribution in [1.29, 1.82) is 0 Å². The van der Waals surface area contributed by atoms with Gasteiger partial charge in [0, 0.05) is 31.8 Å². The molecular formula is C36H63N5O4. The molecule has 2 N–H and O–H groups in total. The quantitative estimate of drug-likeness (QED) is 0.317. The summed E-state index contributed by atoms with van der Waals surface area (Å²) in [5.41, 5.74) is 0.0220. The average molecular weight is 630 g/mol. The van der Waals surface area contributed by atoms with Crippen molar-refractivity contribution in [3.63, 3.8) is 0 Å². The standard InChI is InChI=1S/C36H63N5O4/c1-24(2)30(22-26(5)34(44)41-21-15-19-28(41)32(42)37-23-27-16-11-10-12-17-27)39(9)35(45)31(36(6,7)8)38-33(43)29-18-13-14-20-40(29)25(3)4/h22,24-25,27-31H,10-21,23H2,1-9H3,(H,37,42)(H,38,43)/b26-22+/t28-,29+,30+,31+/m0/s1. The lowest BCUT2D eigenvalue weighted by atomic mass is 9.84. The Kier molecular flexibility index (Phi) is 13.5. The summed E-state index contributed by atoms with van der Waals surface area (Å²) in [6.45, 7) is 18.2. The Morgan fingerprint density at radius 1 is 0.844 bits per heavy atom. The van der Waals surface area contributed by atoms with E-state index in [9.17, 15) is 19.2 Å². The van der Waals surface area contributed by atoms with Crippen LogP contribution in [0.15, 0.2) is 11.6 Å². The second kappa shape index (κ2) is 16.4. The first-order chi connectivity index (χ1) is 21.1. The lowest BCUT2D eigenvalue weighted by Gasteiger charge is -2.41. The maximum Gasteiger partial charge on any atom is 0.249 e. The molecule has 2 saturated heterocycles. The van der Waals surface area contributed by atoms with Crippen LogP contribution in [0.5, 0.6) is 0 Å². The molecule has 9 nitrogen and oxygen atoms in total. The van der Waals surface area contributed by atoms with Crippen LogP contribution in [0, 0.1) is 17.3 Å². The second-order valence-electron chi connectivity index (χ2n) is 15.6. The molecule has 0 radical (unpaired) electrons. The summed E-state index contributed by atoms with van der Waals surface area (Å²) in [4.78, 5) is 60.3. The zero-order valence-corrected chi connectivity index (χ0v) is 29.8. The molecule has 0 aromatic carbocycles. The van der Waals surface area contributed by atoms with Gasteiger partial charge in [-0.05, 0) is 83.1 Å². The van der Waals surface area contributed by atoms with Crippen molar-refractivity contribution in [2.45, 2.75) is 150 Å². The van der Waals surface area contributed by atoms with Crippen LogP contribution in [0.4, 0.5) is 0 Å². The molecule has 2 heterocycles. The van der Waals surface area contributed by atoms with Crippen LogP contribution in [-0.2, 0) is 19.2 Å². The van der Waals surface area contributed by atoms with Gasteiger partial charge in [-0.3, -0.25) is 24.1 Å². The summed E-state index contributed by atoms with van der Waals surface area (Å²) < 4.78 is 0. The Labute approximate surface area is 273 Å². The highest BCUT2D eigenvalue weighted by Crippen LogP contribution is 2.27. The maximum absolute atomic E-state index is 14.1. The third-order valence-electron chi connectivity index (χ3n) is 10.3. The van der Waals surface area contributed by atoms with E-state index in [0.29, 0.717) is 31.0 Å². The van der Waals surface area contributed by atoms with Crippen LogP contribution < -0.4 is 10.6 Å². The smallest absolute Gasteiger partial charge is 0.249 e. The molecule has 4 atom stereocenters. The zero-order valence-electron chi connectivity index (χ0n) is 29.8. The number of carbonyl (C=O) groups is 4. The van der Waals surface area contributed by atoms with Gasteiger partial charge in [0.25, 0.3) is 0 Å². The monoisotopic (exact) mass is 629 g/mol. The van der Waals surface area contributed by atoms with Crippen LogP contribution in [0.25, 0.3) is 0 Å². The van der Waals surface area contributed by atoms with Crippen molar-refractivity contribution in [1.82, 2.24) is 25.3 Å². The number of hydrogen-bond donors (Lipinski definition) is 2. The summed E-state index contributed by atoms with van der Waals surface area (Å²) >= 11 is 0. The van der Waals surface area contributed by atoms with Gasteiger partial charge in [-0.2, -0.15) is 0 Å². The molecule has 3 rings (SSSR count). The van der Waals surface area contributed by atoms with E-state index in [1.165, 1.54) is 19.3 Å². The number of amides is 4. The third kappa shape index (κ3) is 9.79. The molecule has 9 heteroatoms. The summed E-state index contributed by atoms with van der Waals surface area (Å²) in [6.07, 6.45) is 12.3. The molecule has 1 saturated carbocycles. The second-order valence-corrected chi connectivity index (χ2v) is 15.6. The number of likely N-dealkylation sites (N-methyl/N-ethyl adjacent to an activating group) is 1. The molecule has 0 bridgehead atoms. The predicted molar refractivity (Wildman–Crippen MR) is 180 cm³/mol. The molecule has 0 aromatic rings. The lowest BCUT2D eigenvalue weighted by molar-refractivity contribution is -0.142. The van der Waals surface area contributed by atoms with Gasteiger partial charge < -0.3 is 20.4 Å². The molecule has 0 unspecified atom stereocenters. The summed E-state index contributed by atoms with van der Waals surface area (Å²) in [5, 5.41) is 6.29. The van der Waals surface area contributed by atoms with Crippen LogP contribution >= 0.6 is 0 Å². The van der Waals surface area contributed by atoms with E-state index in [1.54, 1.807) is 23.8 Å². The van der Waals surface area contributed by atoms with Crippen LogP contribution in [0.1, 0.15) is 120 Å². The molecule has 3 aliphatic rings. The van der Waals surface area contributed by atoms with Gasteiger partial charge >= 0.3 is 0 Å². The summed E-state index contributed by atoms with van der Waals surface area (Å²) in [5.74, 6) is 0.108. The van der Waals surface area contributed by atoms with Crippen LogP contribution in [-0.4, -0.2) is 95.2 Å². The normalized spacial score (nSPS) is 23.6. The molecular weight excluding hydrogens is 566 g/mol. The van der Waals surface area contributed by atoms with Gasteiger partial charge in [-0.25, -0.2) is 0 Å². The van der Waals surface area contributed by atoms with Crippen molar-refractivity contribution in [2.24, 2.45) is 17.3 Å². The highest BCUT2D eigenvalue weighted by atomic mass is 16.2. The van der Waals surface area contributed by atoms with E-state index in [2.05, 4.69) is 29.4 Å². The number of likely N-dealkylation sites (tertiary alicyclic amines) is 2. The van der Waals surface area contributed by atoms with Crippen molar-refractivity contribution in [2.75, 3.05) is 26.7 Å². The molecule has 1 aliphatic carbocycles. The summed E-state index contributed by atoms with van der Waals surface area (Å²) in [6, 6.07) is -1.51. The molecule has 256 valence electrons. The Hall–Kier alpha value is -2.42. The molecule has 0 spiro atoms. The first-order valence-corrected chi connectivity index (χ1v) is 17.7. The van der Waals surface area contributed by atoms with Gasteiger partial charge in [-0.15, -0.1) is 0 Å². The Morgan fingerprint density at radius 2 is 1.47 bits per heavy atom. The Bertz CT molecular complexity index is 1060. The zero-order chi connectivity index (χ0) is 33.5. The molecule has 45 heavy (non-hydrogen) atoms. The van der Waals surface area contributed by atoms with E-state index in [0.717, 1.165) is 45.1 Å². The van der Waals surface area contributed by atoms with Gasteiger partial charge in [0.1, 0.15) is 12.1 Å². The fourth-order valence-corrected chi connectivity index (χ4v) is 7.43. The topological polar surface area (TPSA) is 102 Å². The number of nitrogens with zero attached hydrogens (tertiary/aromatic N) is 3. The molecule has 2 aliphatic heterocycles. The Morgan fingerprint density at radius 3 is 2.07 bits per heavy atom. The van der Waals surface area contributed by atoms with Gasteiger partial charge in [-0.1, -0.05) is 66.4 Å². The van der Waals surface area contributed by atoms with Crippen molar-refractivity contribution >= 4 is 23.6 Å². The highest BCUT2D eigenvalue weighted by Gasteiger charge is 2.40. The maximum atomic E-state index is 14.1. The summed E-state index contributed by atoms with van der Waals surface area (Å²) in [7, 11) is 1.77. The Balaban J connectivity index is 1.72. The van der Waals surface area contributed by atoms with Crippen LogP contribution in [0.3, 0.4) is 0 Å². The van der Waals surface area contributed by atoms with E-state index in [-0.39, 0.29) is 47.7 Å². The van der Waals surface area contributed by atoms with Crippen molar-refractivity contribution < 1.29 is 19.2 Å². The number of piperidine rings is 1. The fraction of sp³-hybridized carbons (Fsp3) is 0.833. The van der Waals surface area contributed by atoms with Crippen molar-refractivity contribution in [3.8, 4) is 0 Å². The molecule has 0 aromatic heterocycles. The van der Waals surface area contributed by atoms with Crippen LogP contribution in [0.2, 0.25) is 0 Å². The first-order valence-electron chi connectivity index (χ1n) is 17.7. The number of hydrogen-bond acceptors (Lipinski definition) is 5. The minimum atomic E-state index is -0.715. The number of carbonyl (C=O) groups excluding carboxylic acids is 4. The average Bonchev–Trinajstić information content (AvgIpc) is 3.50. The van der Waals surface area contributed by atoms with E-state index in [1.807, 2.05) is 40.7 Å². The van der Waals surface area contributed by atoms with E-state index >= 15 is 0 Å². The van der Waals surface area contributed by atoms with E-state index < -0.39 is 17.5 Å². The minimum absolute atomic E-state index is 0.0287. The van der Waals surface area contributed by atoms with Gasteiger partial charge in [0.2, 0.25) is 23.6 Å². The number of rotatable bonds is 11. The minimum Gasteiger partial charge on any atom is -0.354 e. The molecule has 4 amide bonds. The SMILES string of the molecule is C/C(=C\[C@H](C(C)C)N(C)C(=O)[C@@H](NC(=O)[C@H]1CCCCN1C(C)C)C(C)(C)C)C(=O)N1CCC[C@H]1C(=O)NCC1CCCCC1. The highest BCUT2D eigenvalue weighted by molar-refractivity contribution is 5.97. The molecule has 3 fully saturated rings. The predicted octanol–water partition coefficient (Wildman–Crippen LogP) is 4.90. The van der Waals surface area contributed by atoms with Gasteiger partial charge in [0.15, 0.2) is 0 Å². The first kappa shape index (κ1) is 37.0. The largest absolute Gasteiger partial charge is 0.354 e. The number of nitrogens with one attached hydrogen (secondary N) is 2.